The van der Waals surface area contributed by atoms with E-state index in [0.29, 0.717) is 35.1 Å². The fourth-order valence-corrected chi connectivity index (χ4v) is 4.12. The lowest BCUT2D eigenvalue weighted by Gasteiger charge is -2.30. The molecule has 160 valence electrons. The third-order valence-electron chi connectivity index (χ3n) is 5.61. The van der Waals surface area contributed by atoms with E-state index in [1.807, 2.05) is 0 Å². The maximum atomic E-state index is 13.2. The van der Waals surface area contributed by atoms with Crippen molar-refractivity contribution < 1.29 is 18.0 Å². The summed E-state index contributed by atoms with van der Waals surface area (Å²) >= 11 is 0. The predicted octanol–water partition coefficient (Wildman–Crippen LogP) is 4.02. The van der Waals surface area contributed by atoms with Crippen LogP contribution in [0.5, 0.6) is 0 Å². The Morgan fingerprint density at radius 2 is 1.97 bits per heavy atom. The summed E-state index contributed by atoms with van der Waals surface area (Å²) in [5.74, 6) is -0.550. The van der Waals surface area contributed by atoms with Gasteiger partial charge in [0.25, 0.3) is 5.91 Å². The van der Waals surface area contributed by atoms with Crippen molar-refractivity contribution in [3.05, 3.63) is 53.3 Å². The Bertz CT molecular complexity index is 1170. The quantitative estimate of drug-likeness (QED) is 0.652. The van der Waals surface area contributed by atoms with Gasteiger partial charge in [-0.15, -0.1) is 0 Å². The van der Waals surface area contributed by atoms with Gasteiger partial charge in [0.15, 0.2) is 0 Å². The molecule has 10 heteroatoms. The number of hydrogen-bond acceptors (Lipinski definition) is 5. The van der Waals surface area contributed by atoms with Gasteiger partial charge < -0.3 is 11.1 Å². The van der Waals surface area contributed by atoms with E-state index in [1.54, 1.807) is 23.0 Å². The Morgan fingerprint density at radius 1 is 1.23 bits per heavy atom. The second kappa shape index (κ2) is 7.91. The van der Waals surface area contributed by atoms with Gasteiger partial charge in [0.2, 0.25) is 0 Å². The van der Waals surface area contributed by atoms with Crippen LogP contribution in [-0.4, -0.2) is 26.7 Å². The minimum Gasteiger partial charge on any atom is -0.382 e. The lowest BCUT2D eigenvalue weighted by Crippen LogP contribution is -2.28. The first-order valence-electron chi connectivity index (χ1n) is 9.78. The number of benzene rings is 1. The van der Waals surface area contributed by atoms with Crippen LogP contribution in [0.4, 0.5) is 18.9 Å². The smallest absolute Gasteiger partial charge is 0.382 e. The molecule has 1 amide bonds. The number of nitrogens with zero attached hydrogens (tertiary/aromatic N) is 4. The maximum Gasteiger partial charge on any atom is 0.417 e. The first-order chi connectivity index (χ1) is 14.8. The van der Waals surface area contributed by atoms with Gasteiger partial charge in [-0.1, -0.05) is 0 Å². The van der Waals surface area contributed by atoms with Crippen LogP contribution in [-0.2, 0) is 6.18 Å². The largest absolute Gasteiger partial charge is 0.417 e. The van der Waals surface area contributed by atoms with E-state index >= 15 is 0 Å². The molecule has 0 unspecified atom stereocenters. The summed E-state index contributed by atoms with van der Waals surface area (Å²) in [7, 11) is 0. The zero-order valence-electron chi connectivity index (χ0n) is 16.4. The lowest BCUT2D eigenvalue weighted by molar-refractivity contribution is -0.137. The number of pyridine rings is 1. The Kier molecular flexibility index (Phi) is 5.27. The minimum atomic E-state index is -4.59. The number of rotatable bonds is 4. The number of aromatic nitrogens is 3. The monoisotopic (exact) mass is 428 g/mol. The van der Waals surface area contributed by atoms with Crippen LogP contribution >= 0.6 is 0 Å². The molecule has 4 rings (SSSR count). The molecule has 2 aromatic heterocycles. The van der Waals surface area contributed by atoms with Crippen molar-refractivity contribution in [1.29, 1.82) is 5.26 Å². The zero-order chi connectivity index (χ0) is 22.2. The van der Waals surface area contributed by atoms with E-state index in [2.05, 4.69) is 15.4 Å². The number of halogens is 3. The number of anilines is 1. The van der Waals surface area contributed by atoms with E-state index in [-0.39, 0.29) is 12.1 Å². The number of hydrogen-bond donors (Lipinski definition) is 2. The van der Waals surface area contributed by atoms with Gasteiger partial charge in [-0.05, 0) is 49.9 Å². The number of amides is 1. The molecule has 1 aliphatic rings. The number of nitrogens with two attached hydrogens (primary N) is 1. The average Bonchev–Trinajstić information content (AvgIpc) is 3.18. The number of carbonyl (C=O) groups excluding carboxylic acids is 1. The molecule has 2 heterocycles. The third kappa shape index (κ3) is 4.03. The molecule has 0 radical (unpaired) electrons. The number of fused-ring (bicyclic) bond motifs is 1. The van der Waals surface area contributed by atoms with Crippen LogP contribution in [0.15, 0.2) is 36.7 Å². The molecule has 0 spiro atoms. The molecular weight excluding hydrogens is 409 g/mol. The topological polar surface area (TPSA) is 110 Å². The van der Waals surface area contributed by atoms with E-state index < -0.39 is 23.2 Å². The first-order valence-corrected chi connectivity index (χ1v) is 9.78. The molecule has 7 nitrogen and oxygen atoms in total. The van der Waals surface area contributed by atoms with Crippen LogP contribution < -0.4 is 11.1 Å². The normalized spacial score (nSPS) is 19.2. The highest BCUT2D eigenvalue weighted by Crippen LogP contribution is 2.36. The Morgan fingerprint density at radius 3 is 2.61 bits per heavy atom. The highest BCUT2D eigenvalue weighted by molar-refractivity contribution is 6.03. The summed E-state index contributed by atoms with van der Waals surface area (Å²) in [5.41, 5.74) is 6.04. The Balaban J connectivity index is 1.49. The van der Waals surface area contributed by atoms with Crippen LogP contribution in [0, 0.1) is 11.3 Å². The molecule has 0 bridgehead atoms. The standard InChI is InChI=1S/C21H19F3N6O/c22-21(23,24)17-9-14(2-1-12(17)10-25)29-13-3-5-15(6-4-13)30-19-16(20(26)31)7-8-27-18(19)11-28-30/h1-2,7-9,11,13,15,29H,3-6H2,(H2,26,31). The Hall–Kier alpha value is -3.61. The zero-order valence-corrected chi connectivity index (χ0v) is 16.4. The van der Waals surface area contributed by atoms with Gasteiger partial charge in [-0.25, -0.2) is 0 Å². The fourth-order valence-electron chi connectivity index (χ4n) is 4.12. The fraction of sp³-hybridized carbons (Fsp3) is 0.333. The Labute approximate surface area is 175 Å². The third-order valence-corrected chi connectivity index (χ3v) is 5.61. The predicted molar refractivity (Wildman–Crippen MR) is 107 cm³/mol. The first kappa shape index (κ1) is 20.7. The van der Waals surface area contributed by atoms with E-state index in [1.165, 1.54) is 18.3 Å². The van der Waals surface area contributed by atoms with Crippen molar-refractivity contribution in [3.8, 4) is 6.07 Å². The summed E-state index contributed by atoms with van der Waals surface area (Å²) in [4.78, 5) is 16.0. The maximum absolute atomic E-state index is 13.2. The van der Waals surface area contributed by atoms with Gasteiger partial charge in [0, 0.05) is 17.9 Å². The number of alkyl halides is 3. The molecule has 1 fully saturated rings. The summed E-state index contributed by atoms with van der Waals surface area (Å²) in [5, 5.41) is 16.5. The van der Waals surface area contributed by atoms with Crippen molar-refractivity contribution in [3.63, 3.8) is 0 Å². The number of primary amides is 1. The number of nitriles is 1. The summed E-state index contributed by atoms with van der Waals surface area (Å²) < 4.78 is 41.4. The van der Waals surface area contributed by atoms with Crippen molar-refractivity contribution in [2.75, 3.05) is 5.32 Å². The number of nitrogens with one attached hydrogen (secondary N) is 1. The van der Waals surface area contributed by atoms with Crippen LogP contribution in [0.1, 0.15) is 53.2 Å². The molecule has 3 aromatic rings. The molecule has 0 saturated heterocycles. The summed E-state index contributed by atoms with van der Waals surface area (Å²) in [6.45, 7) is 0. The molecule has 3 N–H and O–H groups in total. The van der Waals surface area contributed by atoms with Gasteiger partial charge in [0.1, 0.15) is 5.52 Å². The van der Waals surface area contributed by atoms with E-state index in [0.717, 1.165) is 18.9 Å². The van der Waals surface area contributed by atoms with E-state index in [4.69, 9.17) is 11.0 Å². The molecule has 1 saturated carbocycles. The van der Waals surface area contributed by atoms with Crippen molar-refractivity contribution in [2.45, 2.75) is 43.9 Å². The minimum absolute atomic E-state index is 0.0131. The second-order valence-electron chi connectivity index (χ2n) is 7.57. The van der Waals surface area contributed by atoms with Crippen LogP contribution in [0.25, 0.3) is 11.0 Å². The van der Waals surface area contributed by atoms with Crippen molar-refractivity contribution in [1.82, 2.24) is 14.8 Å². The molecule has 0 aliphatic heterocycles. The van der Waals surface area contributed by atoms with Crippen molar-refractivity contribution >= 4 is 22.6 Å². The molecule has 0 atom stereocenters. The van der Waals surface area contributed by atoms with Gasteiger partial charge >= 0.3 is 6.18 Å². The lowest BCUT2D eigenvalue weighted by atomic mass is 9.90. The summed E-state index contributed by atoms with van der Waals surface area (Å²) in [6, 6.07) is 6.83. The van der Waals surface area contributed by atoms with Gasteiger partial charge in [0.05, 0.1) is 40.5 Å². The van der Waals surface area contributed by atoms with E-state index in [9.17, 15) is 18.0 Å². The molecular formula is C21H19F3N6O. The SMILES string of the molecule is N#Cc1ccc(NC2CCC(n3ncc4nccc(C(N)=O)c43)CC2)cc1C(F)(F)F. The molecule has 1 aliphatic carbocycles. The van der Waals surface area contributed by atoms with Crippen LogP contribution in [0.2, 0.25) is 0 Å². The van der Waals surface area contributed by atoms with Crippen molar-refractivity contribution in [2.24, 2.45) is 5.73 Å². The average molecular weight is 428 g/mol. The van der Waals surface area contributed by atoms with Crippen LogP contribution in [0.3, 0.4) is 0 Å². The van der Waals surface area contributed by atoms with Gasteiger partial charge in [-0.3, -0.25) is 14.5 Å². The molecule has 1 aromatic carbocycles. The highest BCUT2D eigenvalue weighted by atomic mass is 19.4. The molecule has 31 heavy (non-hydrogen) atoms. The second-order valence-corrected chi connectivity index (χ2v) is 7.57. The highest BCUT2D eigenvalue weighted by Gasteiger charge is 2.34. The summed E-state index contributed by atoms with van der Waals surface area (Å²) in [6.07, 6.45) is 1.39. The van der Waals surface area contributed by atoms with Gasteiger partial charge in [-0.2, -0.15) is 23.5 Å². The number of carbonyl (C=O) groups is 1.